The Morgan fingerprint density at radius 3 is 2.50 bits per heavy atom. The van der Waals surface area contributed by atoms with Gasteiger partial charge in [0.15, 0.2) is 12.2 Å². The van der Waals surface area contributed by atoms with Crippen LogP contribution < -0.4 is 0 Å². The van der Waals surface area contributed by atoms with Gasteiger partial charge in [0.25, 0.3) is 0 Å². The average molecular weight is 241 g/mol. The van der Waals surface area contributed by atoms with Gasteiger partial charge in [-0.15, -0.1) is 0 Å². The van der Waals surface area contributed by atoms with Gasteiger partial charge in [-0.3, -0.25) is 0 Å². The Labute approximate surface area is 77.1 Å². The lowest BCUT2D eigenvalue weighted by Gasteiger charge is -2.17. The number of hydrogen-bond donors (Lipinski definition) is 3. The summed E-state index contributed by atoms with van der Waals surface area (Å²) in [6.07, 6.45) is -4.92. The summed E-state index contributed by atoms with van der Waals surface area (Å²) in [7, 11) is 0. The molecular weight excluding hydrogens is 232 g/mol. The van der Waals surface area contributed by atoms with E-state index in [0.29, 0.717) is 0 Å². The lowest BCUT2D eigenvalue weighted by molar-refractivity contribution is -0.150. The van der Waals surface area contributed by atoms with Gasteiger partial charge in [-0.1, -0.05) is 15.9 Å². The molecule has 0 aromatic carbocycles. The molecule has 0 aromatic heterocycles. The van der Waals surface area contributed by atoms with Gasteiger partial charge in [0, 0.05) is 5.33 Å². The smallest absolute Gasteiger partial charge is 0.338 e. The summed E-state index contributed by atoms with van der Waals surface area (Å²) in [4.78, 5) is 10.7. The molecule has 12 heavy (non-hydrogen) atoms. The maximum Gasteiger partial charge on any atom is 0.338 e. The van der Waals surface area contributed by atoms with Crippen LogP contribution in [0.2, 0.25) is 0 Å². The van der Waals surface area contributed by atoms with E-state index in [2.05, 4.69) is 20.7 Å². The highest BCUT2D eigenvalue weighted by Gasteiger charge is 2.45. The van der Waals surface area contributed by atoms with E-state index >= 15 is 0 Å². The number of aliphatic hydroxyl groups excluding tert-OH is 3. The summed E-state index contributed by atoms with van der Waals surface area (Å²) >= 11 is 2.96. The molecule has 0 unspecified atom stereocenters. The molecule has 0 saturated carbocycles. The Bertz CT molecular complexity index is 185. The number of alkyl halides is 1. The lowest BCUT2D eigenvalue weighted by Crippen LogP contribution is -2.39. The molecule has 0 aliphatic carbocycles. The minimum atomic E-state index is -1.54. The molecule has 1 heterocycles. The third-order valence-electron chi connectivity index (χ3n) is 1.69. The first-order chi connectivity index (χ1) is 5.57. The first-order valence-electron chi connectivity index (χ1n) is 3.38. The zero-order valence-electron chi connectivity index (χ0n) is 6.05. The molecule has 1 rings (SSSR count). The van der Waals surface area contributed by atoms with E-state index in [4.69, 9.17) is 15.3 Å². The topological polar surface area (TPSA) is 87.0 Å². The van der Waals surface area contributed by atoms with Crippen molar-refractivity contribution in [2.45, 2.75) is 24.4 Å². The molecule has 0 spiro atoms. The van der Waals surface area contributed by atoms with E-state index in [0.717, 1.165) is 0 Å². The number of hydrogen-bond acceptors (Lipinski definition) is 5. The molecule has 1 saturated heterocycles. The van der Waals surface area contributed by atoms with Crippen molar-refractivity contribution in [2.24, 2.45) is 0 Å². The monoisotopic (exact) mass is 240 g/mol. The number of rotatable bonds is 2. The van der Waals surface area contributed by atoms with Crippen LogP contribution in [0, 0.1) is 0 Å². The molecule has 70 valence electrons. The first-order valence-corrected chi connectivity index (χ1v) is 4.50. The summed E-state index contributed by atoms with van der Waals surface area (Å²) in [5, 5.41) is 27.4. The second kappa shape index (κ2) is 3.69. The van der Waals surface area contributed by atoms with E-state index in [1.807, 2.05) is 0 Å². The second-order valence-electron chi connectivity index (χ2n) is 2.56. The molecule has 0 radical (unpaired) electrons. The number of carbonyl (C=O) groups excluding carboxylic acids is 1. The van der Waals surface area contributed by atoms with Crippen LogP contribution in [0.15, 0.2) is 0 Å². The molecule has 1 fully saturated rings. The van der Waals surface area contributed by atoms with Gasteiger partial charge in [-0.25, -0.2) is 4.79 Å². The number of esters is 1. The van der Waals surface area contributed by atoms with E-state index in [1.165, 1.54) is 0 Å². The Kier molecular flexibility index (Phi) is 3.05. The number of halogens is 1. The summed E-state index contributed by atoms with van der Waals surface area (Å²) < 4.78 is 4.52. The zero-order chi connectivity index (χ0) is 9.30. The van der Waals surface area contributed by atoms with Crippen LogP contribution in [0.1, 0.15) is 0 Å². The van der Waals surface area contributed by atoms with Crippen molar-refractivity contribution >= 4 is 21.9 Å². The zero-order valence-corrected chi connectivity index (χ0v) is 7.64. The summed E-state index contributed by atoms with van der Waals surface area (Å²) in [5.74, 6) is -0.896. The summed E-state index contributed by atoms with van der Waals surface area (Å²) in [6.45, 7) is 0. The molecule has 1 aliphatic rings. The normalized spacial score (nSPS) is 38.0. The molecule has 0 aromatic rings. The highest BCUT2D eigenvalue weighted by atomic mass is 79.9. The third-order valence-corrected chi connectivity index (χ3v) is 2.35. The number of carbonyl (C=O) groups is 1. The molecule has 6 heteroatoms. The van der Waals surface area contributed by atoms with Gasteiger partial charge in [-0.2, -0.15) is 0 Å². The number of cyclic esters (lactones) is 1. The maximum absolute atomic E-state index is 10.7. The van der Waals surface area contributed by atoms with Crippen LogP contribution >= 0.6 is 15.9 Å². The SMILES string of the molecule is O=C1O[C@H]([C@H](O)CBr)[C@H](O)[C@@H]1O. The Morgan fingerprint density at radius 1 is 1.58 bits per heavy atom. The average Bonchev–Trinajstić information content (AvgIpc) is 2.32. The minimum Gasteiger partial charge on any atom is -0.455 e. The largest absolute Gasteiger partial charge is 0.455 e. The standard InChI is InChI=1S/C6H9BrO5/c7-1-2(8)5-3(9)4(10)6(11)12-5/h2-5,8-10H,1H2/t2-,3-,4+,5-/m1/s1. The van der Waals surface area contributed by atoms with Crippen molar-refractivity contribution in [3.63, 3.8) is 0 Å². The molecule has 5 nitrogen and oxygen atoms in total. The van der Waals surface area contributed by atoms with Crippen molar-refractivity contribution in [3.8, 4) is 0 Å². The number of aliphatic hydroxyl groups is 3. The molecule has 4 atom stereocenters. The van der Waals surface area contributed by atoms with Crippen molar-refractivity contribution < 1.29 is 24.9 Å². The van der Waals surface area contributed by atoms with E-state index in [1.54, 1.807) is 0 Å². The third kappa shape index (κ3) is 1.61. The molecule has 0 bridgehead atoms. The minimum absolute atomic E-state index is 0.175. The predicted octanol–water partition coefficient (Wildman–Crippen LogP) is -1.61. The predicted molar refractivity (Wildman–Crippen MR) is 41.7 cm³/mol. The van der Waals surface area contributed by atoms with Crippen LogP contribution in [0.3, 0.4) is 0 Å². The van der Waals surface area contributed by atoms with Crippen molar-refractivity contribution in [1.82, 2.24) is 0 Å². The lowest BCUT2D eigenvalue weighted by atomic mass is 10.1. The van der Waals surface area contributed by atoms with E-state index in [9.17, 15) is 4.79 Å². The molecule has 1 aliphatic heterocycles. The van der Waals surface area contributed by atoms with Crippen LogP contribution in [-0.2, 0) is 9.53 Å². The molecule has 3 N–H and O–H groups in total. The molecule has 0 amide bonds. The Hall–Kier alpha value is -0.170. The van der Waals surface area contributed by atoms with Gasteiger partial charge in [0.1, 0.15) is 12.2 Å². The fraction of sp³-hybridized carbons (Fsp3) is 0.833. The van der Waals surface area contributed by atoms with Crippen LogP contribution in [-0.4, -0.2) is 51.0 Å². The Morgan fingerprint density at radius 2 is 2.17 bits per heavy atom. The first kappa shape index (κ1) is 9.91. The van der Waals surface area contributed by atoms with Crippen LogP contribution in [0.5, 0.6) is 0 Å². The highest BCUT2D eigenvalue weighted by Crippen LogP contribution is 2.19. The highest BCUT2D eigenvalue weighted by molar-refractivity contribution is 9.09. The van der Waals surface area contributed by atoms with Crippen molar-refractivity contribution in [2.75, 3.05) is 5.33 Å². The van der Waals surface area contributed by atoms with Gasteiger partial charge in [0.2, 0.25) is 0 Å². The van der Waals surface area contributed by atoms with E-state index < -0.39 is 30.4 Å². The van der Waals surface area contributed by atoms with Crippen molar-refractivity contribution in [1.29, 1.82) is 0 Å². The molecular formula is C6H9BrO5. The van der Waals surface area contributed by atoms with Crippen molar-refractivity contribution in [3.05, 3.63) is 0 Å². The second-order valence-corrected chi connectivity index (χ2v) is 3.21. The van der Waals surface area contributed by atoms with Crippen LogP contribution in [0.4, 0.5) is 0 Å². The van der Waals surface area contributed by atoms with Gasteiger partial charge < -0.3 is 20.1 Å². The summed E-state index contributed by atoms with van der Waals surface area (Å²) in [6, 6.07) is 0. The fourth-order valence-corrected chi connectivity index (χ4v) is 1.36. The van der Waals surface area contributed by atoms with Crippen LogP contribution in [0.25, 0.3) is 0 Å². The van der Waals surface area contributed by atoms with Gasteiger partial charge in [0.05, 0.1) is 0 Å². The summed E-state index contributed by atoms with van der Waals surface area (Å²) in [5.41, 5.74) is 0. The maximum atomic E-state index is 10.7. The number of ether oxygens (including phenoxy) is 1. The fourth-order valence-electron chi connectivity index (χ4n) is 0.987. The quantitative estimate of drug-likeness (QED) is 0.400. The van der Waals surface area contributed by atoms with Gasteiger partial charge in [-0.05, 0) is 0 Å². The Balaban J connectivity index is 2.64. The van der Waals surface area contributed by atoms with Gasteiger partial charge >= 0.3 is 5.97 Å². The van der Waals surface area contributed by atoms with E-state index in [-0.39, 0.29) is 5.33 Å².